The molecule has 1 aliphatic rings. The van der Waals surface area contributed by atoms with Crippen LogP contribution in [0.4, 0.5) is 0 Å². The molecule has 0 aromatic heterocycles. The largest absolute Gasteiger partial charge is 0.427 e. The molecule has 4 heteroatoms. The van der Waals surface area contributed by atoms with Gasteiger partial charge in [0.1, 0.15) is 0 Å². The Bertz CT molecular complexity index is 418. The van der Waals surface area contributed by atoms with Crippen LogP contribution >= 0.6 is 0 Å². The number of aliphatic hydroxyl groups excluding tert-OH is 1. The van der Waals surface area contributed by atoms with E-state index >= 15 is 0 Å². The van der Waals surface area contributed by atoms with E-state index in [-0.39, 0.29) is 0 Å². The van der Waals surface area contributed by atoms with E-state index in [9.17, 15) is 9.90 Å². The Hall–Kier alpha value is -0.870. The maximum absolute atomic E-state index is 11.8. The lowest BCUT2D eigenvalue weighted by molar-refractivity contribution is -0.218. The third-order valence-corrected chi connectivity index (χ3v) is 5.40. The van der Waals surface area contributed by atoms with Gasteiger partial charge in [-0.25, -0.2) is 4.79 Å². The fraction of sp³-hybridized carbons (Fsp3) is 0.864. The van der Waals surface area contributed by atoms with Crippen LogP contribution in [0.5, 0.6) is 0 Å². The van der Waals surface area contributed by atoms with E-state index in [1.54, 1.807) is 6.92 Å². The Morgan fingerprint density at radius 2 is 1.42 bits per heavy atom. The highest BCUT2D eigenvalue weighted by atomic mass is 16.7. The number of ether oxygens (including phenoxy) is 2. The van der Waals surface area contributed by atoms with E-state index in [4.69, 9.17) is 9.47 Å². The minimum absolute atomic E-state index is 0.341. The van der Waals surface area contributed by atoms with E-state index < -0.39 is 17.9 Å². The molecule has 1 aliphatic heterocycles. The van der Waals surface area contributed by atoms with Crippen molar-refractivity contribution in [3.05, 3.63) is 11.6 Å². The predicted octanol–water partition coefficient (Wildman–Crippen LogP) is 5.67. The number of allylic oxidation sites excluding steroid dienone is 1. The highest BCUT2D eigenvalue weighted by Crippen LogP contribution is 2.32. The van der Waals surface area contributed by atoms with Crippen molar-refractivity contribution in [3.8, 4) is 0 Å². The topological polar surface area (TPSA) is 55.8 Å². The highest BCUT2D eigenvalue weighted by Gasteiger charge is 2.48. The average Bonchev–Trinajstić information content (AvgIpc) is 2.85. The summed E-state index contributed by atoms with van der Waals surface area (Å²) in [5, 5.41) is 10.1. The fourth-order valence-corrected chi connectivity index (χ4v) is 3.46. The highest BCUT2D eigenvalue weighted by molar-refractivity contribution is 5.92. The summed E-state index contributed by atoms with van der Waals surface area (Å²) in [6, 6.07) is 0. The first kappa shape index (κ1) is 23.2. The second-order valence-electron chi connectivity index (χ2n) is 7.70. The van der Waals surface area contributed by atoms with E-state index in [0.717, 1.165) is 12.8 Å². The van der Waals surface area contributed by atoms with Gasteiger partial charge < -0.3 is 14.6 Å². The van der Waals surface area contributed by atoms with Crippen molar-refractivity contribution in [2.45, 2.75) is 116 Å². The molecular formula is C22H40O4. The molecule has 0 radical (unpaired) electrons. The number of cyclic esters (lactones) is 1. The second kappa shape index (κ2) is 13.3. The first-order valence-corrected chi connectivity index (χ1v) is 10.7. The fourth-order valence-electron chi connectivity index (χ4n) is 3.46. The van der Waals surface area contributed by atoms with E-state index in [1.807, 2.05) is 6.08 Å². The van der Waals surface area contributed by atoms with Crippen molar-refractivity contribution in [3.63, 3.8) is 0 Å². The molecular weight excluding hydrogens is 328 g/mol. The molecule has 0 bridgehead atoms. The number of methoxy groups -OCH3 is 1. The van der Waals surface area contributed by atoms with Crippen LogP contribution in [0.2, 0.25) is 0 Å². The molecule has 152 valence electrons. The zero-order valence-corrected chi connectivity index (χ0v) is 17.2. The van der Waals surface area contributed by atoms with Gasteiger partial charge in [0.05, 0.1) is 5.57 Å². The van der Waals surface area contributed by atoms with Crippen LogP contribution in [0, 0.1) is 0 Å². The molecule has 1 rings (SSSR count). The van der Waals surface area contributed by atoms with Gasteiger partial charge in [0.25, 0.3) is 0 Å². The van der Waals surface area contributed by atoms with Gasteiger partial charge in [-0.05, 0) is 12.8 Å². The summed E-state index contributed by atoms with van der Waals surface area (Å²) in [5.41, 5.74) is 0.341. The average molecular weight is 369 g/mol. The first-order valence-electron chi connectivity index (χ1n) is 10.7. The van der Waals surface area contributed by atoms with E-state index in [1.165, 1.54) is 84.2 Å². The summed E-state index contributed by atoms with van der Waals surface area (Å²) in [6.45, 7) is 3.85. The van der Waals surface area contributed by atoms with Gasteiger partial charge in [0.15, 0.2) is 6.10 Å². The number of carbonyl (C=O) groups is 1. The van der Waals surface area contributed by atoms with Gasteiger partial charge >= 0.3 is 5.97 Å². The molecule has 1 fully saturated rings. The summed E-state index contributed by atoms with van der Waals surface area (Å²) < 4.78 is 10.2. The quantitative estimate of drug-likeness (QED) is 0.230. The monoisotopic (exact) mass is 368 g/mol. The Kier molecular flexibility index (Phi) is 11.9. The van der Waals surface area contributed by atoms with Crippen LogP contribution in [-0.4, -0.2) is 30.1 Å². The maximum Gasteiger partial charge on any atom is 0.339 e. The number of rotatable bonds is 15. The van der Waals surface area contributed by atoms with Crippen LogP contribution in [0.1, 0.15) is 104 Å². The molecule has 0 aliphatic carbocycles. The van der Waals surface area contributed by atoms with Gasteiger partial charge in [-0.1, -0.05) is 90.0 Å². The number of hydrogen-bond donors (Lipinski definition) is 1. The van der Waals surface area contributed by atoms with Gasteiger partial charge in [0, 0.05) is 14.0 Å². The van der Waals surface area contributed by atoms with Gasteiger partial charge in [-0.2, -0.15) is 0 Å². The molecule has 0 aromatic rings. The molecule has 1 heterocycles. The third-order valence-electron chi connectivity index (χ3n) is 5.40. The third kappa shape index (κ3) is 8.22. The zero-order valence-electron chi connectivity index (χ0n) is 17.2. The predicted molar refractivity (Wildman–Crippen MR) is 106 cm³/mol. The number of hydrogen-bond acceptors (Lipinski definition) is 4. The molecule has 1 N–H and O–H groups in total. The molecule has 0 unspecified atom stereocenters. The number of carbonyl (C=O) groups excluding carboxylic acids is 1. The maximum atomic E-state index is 11.8. The van der Waals surface area contributed by atoms with Crippen molar-refractivity contribution < 1.29 is 19.4 Å². The minimum atomic E-state index is -1.24. The summed E-state index contributed by atoms with van der Waals surface area (Å²) in [6.07, 6.45) is 18.8. The van der Waals surface area contributed by atoms with E-state index in [2.05, 4.69) is 6.92 Å². The van der Waals surface area contributed by atoms with Crippen molar-refractivity contribution in [1.82, 2.24) is 0 Å². The van der Waals surface area contributed by atoms with Gasteiger partial charge in [-0.15, -0.1) is 0 Å². The lowest BCUT2D eigenvalue weighted by Crippen LogP contribution is -2.38. The number of unbranched alkanes of at least 4 members (excludes halogenated alkanes) is 13. The van der Waals surface area contributed by atoms with Crippen LogP contribution < -0.4 is 0 Å². The van der Waals surface area contributed by atoms with Crippen molar-refractivity contribution in [1.29, 1.82) is 0 Å². The Morgan fingerprint density at radius 1 is 0.962 bits per heavy atom. The molecule has 0 aromatic carbocycles. The molecule has 1 saturated heterocycles. The Balaban J connectivity index is 1.97. The molecule has 0 amide bonds. The summed E-state index contributed by atoms with van der Waals surface area (Å²) in [5.74, 6) is -1.70. The second-order valence-corrected chi connectivity index (χ2v) is 7.70. The summed E-state index contributed by atoms with van der Waals surface area (Å²) in [4.78, 5) is 11.8. The standard InChI is InChI=1S/C22H40O4/c1-4-5-6-7-8-9-10-11-12-13-14-15-16-17-18-19-20(23)22(2,25-3)26-21(19)24/h18,20,23H,4-17H2,1-3H3/b19-18-/t20-,22-/m1/s1. The van der Waals surface area contributed by atoms with Crippen LogP contribution in [-0.2, 0) is 14.3 Å². The molecule has 4 nitrogen and oxygen atoms in total. The first-order chi connectivity index (χ1) is 12.5. The summed E-state index contributed by atoms with van der Waals surface area (Å²) in [7, 11) is 1.44. The SMILES string of the molecule is CCCCCCCCCCCCCCC/C=C1\C(=O)O[C@@](C)(OC)[C@@H]1O. The van der Waals surface area contributed by atoms with Gasteiger partial charge in [0.2, 0.25) is 5.79 Å². The van der Waals surface area contributed by atoms with Crippen LogP contribution in [0.15, 0.2) is 11.6 Å². The zero-order chi connectivity index (χ0) is 19.3. The normalized spacial score (nSPS) is 24.4. The van der Waals surface area contributed by atoms with Crippen LogP contribution in [0.25, 0.3) is 0 Å². The van der Waals surface area contributed by atoms with Crippen molar-refractivity contribution in [2.24, 2.45) is 0 Å². The molecule has 2 atom stereocenters. The summed E-state index contributed by atoms with van der Waals surface area (Å²) >= 11 is 0. The number of aliphatic hydroxyl groups is 1. The lowest BCUT2D eigenvalue weighted by Gasteiger charge is -2.23. The number of esters is 1. The minimum Gasteiger partial charge on any atom is -0.427 e. The van der Waals surface area contributed by atoms with Crippen molar-refractivity contribution in [2.75, 3.05) is 7.11 Å². The van der Waals surface area contributed by atoms with E-state index in [0.29, 0.717) is 5.57 Å². The van der Waals surface area contributed by atoms with Crippen molar-refractivity contribution >= 4 is 5.97 Å². The van der Waals surface area contributed by atoms with Gasteiger partial charge in [-0.3, -0.25) is 0 Å². The van der Waals surface area contributed by atoms with Crippen LogP contribution in [0.3, 0.4) is 0 Å². The lowest BCUT2D eigenvalue weighted by atomic mass is 10.0. The molecule has 0 saturated carbocycles. The Labute approximate surface area is 160 Å². The smallest absolute Gasteiger partial charge is 0.339 e. The molecule has 0 spiro atoms. The Morgan fingerprint density at radius 3 is 1.85 bits per heavy atom. The molecule has 26 heavy (non-hydrogen) atoms.